The Labute approximate surface area is 40.2 Å². The van der Waals surface area contributed by atoms with Crippen molar-refractivity contribution < 1.29 is 0 Å². The first-order chi connectivity index (χ1) is 2.56. The first-order valence-corrected chi connectivity index (χ1v) is 2.47. The molecule has 1 heteroatoms. The fraction of sp³-hybridized carbons (Fsp3) is 0.600. The molecule has 0 spiro atoms. The maximum absolute atomic E-state index is 3.66. The molecule has 0 amide bonds. The Bertz CT molecular complexity index is 49.4. The molecule has 6 heavy (non-hydrogen) atoms. The zero-order valence-corrected chi connectivity index (χ0v) is 4.86. The number of hydrogen-bond donors (Lipinski definition) is 0. The smallest absolute Gasteiger partial charge is 0.0101 e. The van der Waals surface area contributed by atoms with Crippen LogP contribution in [0.2, 0.25) is 20.5 Å². The van der Waals surface area contributed by atoms with Crippen molar-refractivity contribution in [3.63, 3.8) is 0 Å². The van der Waals surface area contributed by atoms with Crippen LogP contribution in [0.3, 0.4) is 0 Å². The normalized spacial score (nSPS) is 11.2. The van der Waals surface area contributed by atoms with Gasteiger partial charge in [0.1, 0.15) is 0 Å². The van der Waals surface area contributed by atoms with Gasteiger partial charge in [0, 0.05) is 6.15 Å². The van der Waals surface area contributed by atoms with Gasteiger partial charge in [0.05, 0.1) is 0 Å². The fourth-order valence-corrected chi connectivity index (χ4v) is 0. The fourth-order valence-electron chi connectivity index (χ4n) is 0. The van der Waals surface area contributed by atoms with Gasteiger partial charge in [-0.25, -0.2) is 0 Å². The summed E-state index contributed by atoms with van der Waals surface area (Å²) < 4.78 is 0. The lowest BCUT2D eigenvalue weighted by Gasteiger charge is -2.14. The molecule has 0 atom stereocenters. The predicted molar refractivity (Wildman–Crippen MR) is 33.5 cm³/mol. The third-order valence-electron chi connectivity index (χ3n) is 0.707. The van der Waals surface area contributed by atoms with E-state index < -0.39 is 0 Å². The molecule has 0 fully saturated rings. The zero-order chi connectivity index (χ0) is 5.21. The second-order valence-corrected chi connectivity index (χ2v) is 2.97. The van der Waals surface area contributed by atoms with Crippen molar-refractivity contribution in [3.05, 3.63) is 12.6 Å². The monoisotopic (exact) mass is 83.1 g/mol. The van der Waals surface area contributed by atoms with Gasteiger partial charge < -0.3 is 0 Å². The molecule has 0 aliphatic heterocycles. The molecular weight excluding hydrogens is 70.9 g/mol. The summed E-state index contributed by atoms with van der Waals surface area (Å²) in [4.78, 5) is 0. The van der Waals surface area contributed by atoms with E-state index in [1.54, 1.807) is 0 Å². The number of rotatable bonds is 1. The summed E-state index contributed by atoms with van der Waals surface area (Å²) in [7, 11) is 0. The van der Waals surface area contributed by atoms with Crippen molar-refractivity contribution in [1.29, 1.82) is 0 Å². The third kappa shape index (κ3) is 3.80. The highest BCUT2D eigenvalue weighted by molar-refractivity contribution is 6.80. The topological polar surface area (TPSA) is 0 Å². The van der Waals surface area contributed by atoms with E-state index in [0.29, 0.717) is 0 Å². The Morgan fingerprint density at radius 3 is 1.50 bits per heavy atom. The van der Waals surface area contributed by atoms with Crippen LogP contribution in [-0.2, 0) is 0 Å². The summed E-state index contributed by atoms with van der Waals surface area (Å²) in [6, 6.07) is 0. The van der Waals surface area contributed by atoms with Gasteiger partial charge in [-0.2, -0.15) is 20.5 Å². The van der Waals surface area contributed by atoms with Gasteiger partial charge in [0.15, 0.2) is 0 Å². The van der Waals surface area contributed by atoms with Crippen LogP contribution in [0, 0.1) is 0 Å². The van der Waals surface area contributed by atoms with Gasteiger partial charge in [-0.15, -0.1) is 6.58 Å². The molecule has 0 unspecified atom stereocenters. The molecule has 0 saturated heterocycles. The molecule has 0 N–H and O–H groups in total. The molecule has 0 heterocycles. The summed E-state index contributed by atoms with van der Waals surface area (Å²) in [5.74, 6) is 2.00. The highest BCUT2D eigenvalue weighted by Gasteiger charge is 1.94. The van der Waals surface area contributed by atoms with E-state index in [9.17, 15) is 0 Å². The van der Waals surface area contributed by atoms with Crippen LogP contribution in [0.1, 0.15) is 0 Å². The number of hydrogen-bond acceptors (Lipinski definition) is 0. The van der Waals surface area contributed by atoms with Crippen molar-refractivity contribution in [3.8, 4) is 0 Å². The van der Waals surface area contributed by atoms with Gasteiger partial charge in [0.25, 0.3) is 0 Å². The lowest BCUT2D eigenvalue weighted by atomic mass is 9.31. The minimum atomic E-state index is -0.222. The van der Waals surface area contributed by atoms with Crippen molar-refractivity contribution >= 4 is 6.15 Å². The van der Waals surface area contributed by atoms with E-state index in [1.165, 1.54) is 0 Å². The molecule has 0 aromatic carbocycles. The highest BCUT2D eigenvalue weighted by atomic mass is 13.6. The van der Waals surface area contributed by atoms with Crippen molar-refractivity contribution in [2.75, 3.05) is 0 Å². The molecule has 0 aromatic rings. The van der Waals surface area contributed by atoms with Crippen molar-refractivity contribution in [2.24, 2.45) is 0 Å². The second kappa shape index (κ2) is 1.50. The van der Waals surface area contributed by atoms with Crippen molar-refractivity contribution in [1.82, 2.24) is 0 Å². The van der Waals surface area contributed by atoms with Crippen LogP contribution >= 0.6 is 0 Å². The maximum atomic E-state index is 3.66. The summed E-state index contributed by atoms with van der Waals surface area (Å²) in [6.45, 7) is 10.2. The van der Waals surface area contributed by atoms with E-state index in [1.807, 2.05) is 5.98 Å². The first kappa shape index (κ1) is 5.80. The Morgan fingerprint density at radius 1 is 1.33 bits per heavy atom. The summed E-state index contributed by atoms with van der Waals surface area (Å²) in [5, 5.41) is 0. The van der Waals surface area contributed by atoms with Gasteiger partial charge in [-0.1, -0.05) is 0 Å². The average molecular weight is 83.0 g/mol. The minimum Gasteiger partial charge on any atom is -0.253 e. The second-order valence-electron chi connectivity index (χ2n) is 2.97. The van der Waals surface area contributed by atoms with E-state index in [2.05, 4.69) is 27.0 Å². The standard InChI is InChI=1S/C5H12B/c1-5-6(2,3)4/h5H,1H2,2-4H3/q-1. The van der Waals surface area contributed by atoms with Gasteiger partial charge in [0.2, 0.25) is 0 Å². The van der Waals surface area contributed by atoms with Crippen LogP contribution in [0.4, 0.5) is 0 Å². The Hall–Kier alpha value is -0.195. The average Bonchev–Trinajstić information content (AvgIpc) is 1.35. The van der Waals surface area contributed by atoms with Crippen molar-refractivity contribution in [2.45, 2.75) is 20.5 Å². The highest BCUT2D eigenvalue weighted by Crippen LogP contribution is 1.98. The largest absolute Gasteiger partial charge is 0.253 e. The summed E-state index contributed by atoms with van der Waals surface area (Å²) in [5.41, 5.74) is 0. The van der Waals surface area contributed by atoms with Crippen LogP contribution in [0.15, 0.2) is 12.6 Å². The SMILES string of the molecule is C=C[B-](C)(C)C. The Morgan fingerprint density at radius 2 is 1.50 bits per heavy atom. The predicted octanol–water partition coefficient (Wildman–Crippen LogP) is 2.05. The summed E-state index contributed by atoms with van der Waals surface area (Å²) in [6.07, 6.45) is -0.222. The molecule has 0 aliphatic carbocycles. The molecular formula is C5H12B-. The third-order valence-corrected chi connectivity index (χ3v) is 0.707. The Kier molecular flexibility index (Phi) is 1.45. The van der Waals surface area contributed by atoms with Crippen LogP contribution in [-0.4, -0.2) is 6.15 Å². The molecule has 0 aliphatic rings. The van der Waals surface area contributed by atoms with Gasteiger partial charge in [-0.05, 0) is 0 Å². The van der Waals surface area contributed by atoms with E-state index >= 15 is 0 Å². The lowest BCUT2D eigenvalue weighted by molar-refractivity contribution is 1.78. The molecule has 0 nitrogen and oxygen atoms in total. The maximum Gasteiger partial charge on any atom is 0.0101 e. The molecule has 0 radical (unpaired) electrons. The molecule has 0 rings (SSSR count). The van der Waals surface area contributed by atoms with E-state index in [4.69, 9.17) is 0 Å². The molecule has 36 valence electrons. The first-order valence-electron chi connectivity index (χ1n) is 2.47. The van der Waals surface area contributed by atoms with Crippen LogP contribution < -0.4 is 0 Å². The Balaban J connectivity index is 3.45. The van der Waals surface area contributed by atoms with Gasteiger partial charge >= 0.3 is 0 Å². The van der Waals surface area contributed by atoms with E-state index in [0.717, 1.165) is 0 Å². The molecule has 0 bridgehead atoms. The quantitative estimate of drug-likeness (QED) is 0.425. The molecule has 0 saturated carbocycles. The summed E-state index contributed by atoms with van der Waals surface area (Å²) >= 11 is 0. The van der Waals surface area contributed by atoms with Gasteiger partial charge in [-0.3, -0.25) is 5.98 Å². The van der Waals surface area contributed by atoms with Crippen LogP contribution in [0.5, 0.6) is 0 Å². The van der Waals surface area contributed by atoms with Crippen LogP contribution in [0.25, 0.3) is 0 Å². The molecule has 0 aromatic heterocycles. The lowest BCUT2D eigenvalue weighted by Crippen LogP contribution is -2.14. The minimum absolute atomic E-state index is 0.222. The van der Waals surface area contributed by atoms with E-state index in [-0.39, 0.29) is 6.15 Å². The zero-order valence-electron chi connectivity index (χ0n) is 4.86.